The molecule has 0 heterocycles. The van der Waals surface area contributed by atoms with Gasteiger partial charge in [-0.25, -0.2) is 15.0 Å². The number of phenolic OH excluding ortho intramolecular Hbond substituents is 3. The van der Waals surface area contributed by atoms with E-state index < -0.39 is 57.7 Å². The number of ether oxygens (including phenoxy) is 1. The van der Waals surface area contributed by atoms with Crippen LogP contribution in [0, 0.1) is 6.92 Å². The van der Waals surface area contributed by atoms with Crippen molar-refractivity contribution in [1.29, 1.82) is 0 Å². The van der Waals surface area contributed by atoms with Crippen molar-refractivity contribution in [2.45, 2.75) is 57.9 Å². The zero-order valence-electron chi connectivity index (χ0n) is 25.0. The van der Waals surface area contributed by atoms with E-state index >= 15 is 0 Å². The Morgan fingerprint density at radius 2 is 1.61 bits per heavy atom. The predicted molar refractivity (Wildman–Crippen MR) is 164 cm³/mol. The Hall–Kier alpha value is -5.59. The molecule has 1 saturated carbocycles. The first-order valence-electron chi connectivity index (χ1n) is 14.8. The van der Waals surface area contributed by atoms with E-state index in [0.29, 0.717) is 5.56 Å². The van der Waals surface area contributed by atoms with Crippen LogP contribution in [0.3, 0.4) is 0 Å². The average Bonchev–Trinajstić information content (AvgIpc) is 3.02. The van der Waals surface area contributed by atoms with E-state index in [0.717, 1.165) is 44.4 Å². The van der Waals surface area contributed by atoms with Gasteiger partial charge < -0.3 is 35.6 Å². The first kappa shape index (κ1) is 30.4. The first-order chi connectivity index (χ1) is 22.0. The summed E-state index contributed by atoms with van der Waals surface area (Å²) in [4.78, 5) is 52.3. The second-order valence-electron chi connectivity index (χ2n) is 11.6. The topological polar surface area (TPSA) is 215 Å². The summed E-state index contributed by atoms with van der Waals surface area (Å²) in [6, 6.07) is 1.97. The average molecular weight is 630 g/mol. The molecule has 0 bridgehead atoms. The molecule has 1 fully saturated rings. The molecule has 3 aliphatic rings. The number of hydrogen-bond acceptors (Lipinski definition) is 10. The van der Waals surface area contributed by atoms with E-state index in [9.17, 15) is 44.7 Å². The van der Waals surface area contributed by atoms with Crippen LogP contribution in [0.4, 0.5) is 4.79 Å². The lowest BCUT2D eigenvalue weighted by Crippen LogP contribution is -2.41. The van der Waals surface area contributed by atoms with Crippen LogP contribution < -0.4 is 15.5 Å². The van der Waals surface area contributed by atoms with Gasteiger partial charge in [0.1, 0.15) is 34.3 Å². The Balaban J connectivity index is 1.46. The molecule has 2 amide bonds. The highest BCUT2D eigenvalue weighted by molar-refractivity contribution is 6.32. The first-order valence-corrected chi connectivity index (χ1v) is 14.8. The van der Waals surface area contributed by atoms with E-state index in [4.69, 9.17) is 4.74 Å². The predicted octanol–water partition coefficient (Wildman–Crippen LogP) is 4.03. The number of nitrogens with one attached hydrogen (secondary N) is 2. The summed E-state index contributed by atoms with van der Waals surface area (Å²) in [7, 11) is 1.26. The SMILES string of the molecule is COc1c2c(c(O)c3c1C(=O)c1c(cc(O)c(C)c1O)C3=O)-c1c(cc(/C=N/NC(=O)NC3CCCCC3)c(C(=O)O)c1O)CC2. The maximum absolute atomic E-state index is 13.8. The van der Waals surface area contributed by atoms with Gasteiger partial charge >= 0.3 is 12.0 Å². The number of phenols is 4. The number of urea groups is 1. The molecule has 238 valence electrons. The van der Waals surface area contributed by atoms with Crippen LogP contribution in [0.5, 0.6) is 28.7 Å². The lowest BCUT2D eigenvalue weighted by Gasteiger charge is -2.30. The third kappa shape index (κ3) is 4.66. The second-order valence-corrected chi connectivity index (χ2v) is 11.6. The minimum atomic E-state index is -1.52. The van der Waals surface area contributed by atoms with Gasteiger partial charge in [-0.2, -0.15) is 5.10 Å². The zero-order valence-corrected chi connectivity index (χ0v) is 25.0. The van der Waals surface area contributed by atoms with Crippen molar-refractivity contribution in [2.24, 2.45) is 5.10 Å². The monoisotopic (exact) mass is 629 g/mol. The van der Waals surface area contributed by atoms with Gasteiger partial charge in [-0.15, -0.1) is 0 Å². The highest BCUT2D eigenvalue weighted by Crippen LogP contribution is 2.54. The molecule has 7 N–H and O–H groups in total. The molecule has 3 aliphatic carbocycles. The molecular formula is C33H31N3O10. The Bertz CT molecular complexity index is 1910. The van der Waals surface area contributed by atoms with Crippen LogP contribution in [-0.4, -0.2) is 68.5 Å². The number of fused-ring (bicyclic) bond motifs is 5. The third-order valence-corrected chi connectivity index (χ3v) is 9.01. The summed E-state index contributed by atoms with van der Waals surface area (Å²) in [6.07, 6.45) is 6.34. The van der Waals surface area contributed by atoms with Crippen molar-refractivity contribution in [3.05, 3.63) is 62.2 Å². The van der Waals surface area contributed by atoms with E-state index in [1.165, 1.54) is 20.1 Å². The number of rotatable bonds is 5. The zero-order chi connectivity index (χ0) is 33.0. The Kier molecular flexibility index (Phi) is 7.54. The van der Waals surface area contributed by atoms with Crippen LogP contribution in [0.1, 0.15) is 96.6 Å². The van der Waals surface area contributed by atoms with Gasteiger partial charge in [-0.1, -0.05) is 19.3 Å². The molecule has 0 radical (unpaired) electrons. The Morgan fingerprint density at radius 1 is 0.891 bits per heavy atom. The Morgan fingerprint density at radius 3 is 2.28 bits per heavy atom. The van der Waals surface area contributed by atoms with E-state index in [1.807, 2.05) is 0 Å². The van der Waals surface area contributed by atoms with Gasteiger partial charge in [0.2, 0.25) is 5.78 Å². The summed E-state index contributed by atoms with van der Waals surface area (Å²) >= 11 is 0. The lowest BCUT2D eigenvalue weighted by molar-refractivity contribution is 0.0693. The number of carbonyl (C=O) groups excluding carboxylic acids is 3. The van der Waals surface area contributed by atoms with Crippen molar-refractivity contribution < 1.29 is 49.4 Å². The molecule has 0 atom stereocenters. The summed E-state index contributed by atoms with van der Waals surface area (Å²) in [5, 5.41) is 60.8. The fourth-order valence-corrected chi connectivity index (χ4v) is 6.79. The van der Waals surface area contributed by atoms with Gasteiger partial charge in [0, 0.05) is 39.4 Å². The normalized spacial score (nSPS) is 15.5. The molecule has 0 saturated heterocycles. The van der Waals surface area contributed by atoms with Crippen molar-refractivity contribution >= 4 is 29.8 Å². The van der Waals surface area contributed by atoms with E-state index in [1.54, 1.807) is 0 Å². The minimum absolute atomic E-state index is 0.0102. The maximum Gasteiger partial charge on any atom is 0.340 e. The number of ketones is 2. The quantitative estimate of drug-likeness (QED) is 0.124. The van der Waals surface area contributed by atoms with E-state index in [-0.39, 0.29) is 69.1 Å². The molecule has 3 aromatic carbocycles. The van der Waals surface area contributed by atoms with Gasteiger partial charge in [-0.3, -0.25) is 9.59 Å². The van der Waals surface area contributed by atoms with Crippen LogP contribution in [-0.2, 0) is 12.8 Å². The molecule has 13 heteroatoms. The van der Waals surface area contributed by atoms with Gasteiger partial charge in [0.15, 0.2) is 5.78 Å². The number of aromatic hydroxyl groups is 4. The number of amides is 2. The van der Waals surface area contributed by atoms with Crippen molar-refractivity contribution in [3.8, 4) is 39.9 Å². The third-order valence-electron chi connectivity index (χ3n) is 9.01. The van der Waals surface area contributed by atoms with Crippen LogP contribution in [0.25, 0.3) is 11.1 Å². The number of hydrazone groups is 1. The number of benzene rings is 3. The van der Waals surface area contributed by atoms with Crippen molar-refractivity contribution in [3.63, 3.8) is 0 Å². The number of carbonyl (C=O) groups is 4. The van der Waals surface area contributed by atoms with Gasteiger partial charge in [-0.05, 0) is 50.3 Å². The van der Waals surface area contributed by atoms with Crippen molar-refractivity contribution in [1.82, 2.24) is 10.7 Å². The number of methoxy groups -OCH3 is 1. The number of aromatic carboxylic acids is 1. The lowest BCUT2D eigenvalue weighted by atomic mass is 9.74. The smallest absolute Gasteiger partial charge is 0.340 e. The van der Waals surface area contributed by atoms with Crippen LogP contribution in [0.15, 0.2) is 17.2 Å². The summed E-state index contributed by atoms with van der Waals surface area (Å²) < 4.78 is 5.60. The maximum atomic E-state index is 13.8. The molecule has 46 heavy (non-hydrogen) atoms. The highest BCUT2D eigenvalue weighted by Gasteiger charge is 2.42. The molecule has 3 aromatic rings. The van der Waals surface area contributed by atoms with Gasteiger partial charge in [0.25, 0.3) is 0 Å². The van der Waals surface area contributed by atoms with Crippen LogP contribution >= 0.6 is 0 Å². The van der Waals surface area contributed by atoms with Crippen molar-refractivity contribution in [2.75, 3.05) is 7.11 Å². The van der Waals surface area contributed by atoms with Gasteiger partial charge in [0.05, 0.1) is 30.0 Å². The number of hydrogen-bond donors (Lipinski definition) is 7. The number of nitrogens with zero attached hydrogens (tertiary/aromatic N) is 1. The molecule has 13 nitrogen and oxygen atoms in total. The minimum Gasteiger partial charge on any atom is -0.508 e. The fraction of sp³-hybridized carbons (Fsp3) is 0.303. The number of aryl methyl sites for hydroxylation is 1. The highest BCUT2D eigenvalue weighted by atomic mass is 16.5. The molecular weight excluding hydrogens is 598 g/mol. The standard InChI is InChI=1S/C33H31N3O10/c1-13-19(37)11-18-23(26(13)38)30(42)25-24(27(18)39)29(41)22-17(31(25)46-2)9-8-14-10-15(21(32(43)44)28(40)20(14)22)12-34-36-33(45)35-16-6-4-3-5-7-16/h10-12,16,37-38,40-41H,3-9H2,1-2H3,(H,43,44)(H2,35,36,45)/b34-12+. The molecule has 0 unspecified atom stereocenters. The Labute approximate surface area is 262 Å². The molecule has 0 aromatic heterocycles. The van der Waals surface area contributed by atoms with E-state index in [2.05, 4.69) is 15.8 Å². The van der Waals surface area contributed by atoms with Crippen LogP contribution in [0.2, 0.25) is 0 Å². The second kappa shape index (κ2) is 11.4. The molecule has 6 rings (SSSR count). The molecule has 0 spiro atoms. The fourth-order valence-electron chi connectivity index (χ4n) is 6.79. The molecule has 0 aliphatic heterocycles. The summed E-state index contributed by atoms with van der Waals surface area (Å²) in [5.41, 5.74) is 0.777. The summed E-state index contributed by atoms with van der Waals surface area (Å²) in [5.74, 6) is -5.73. The number of carboxylic acids is 1. The number of carboxylic acid groups (broad SMARTS) is 1. The summed E-state index contributed by atoms with van der Waals surface area (Å²) in [6.45, 7) is 1.38. The largest absolute Gasteiger partial charge is 0.508 e.